The number of benzene rings is 10. The molecule has 61 heavy (non-hydrogen) atoms. The van der Waals surface area contributed by atoms with Crippen molar-refractivity contribution in [3.63, 3.8) is 0 Å². The first-order chi connectivity index (χ1) is 30.3. The number of para-hydroxylation sites is 2. The zero-order valence-electron chi connectivity index (χ0n) is 33.2. The van der Waals surface area contributed by atoms with Gasteiger partial charge in [0, 0.05) is 55.9 Å². The van der Waals surface area contributed by atoms with Crippen LogP contribution in [0.3, 0.4) is 0 Å². The first-order valence-corrected chi connectivity index (χ1v) is 20.8. The molecule has 0 atom stereocenters. The van der Waals surface area contributed by atoms with Crippen LogP contribution in [0.25, 0.3) is 93.6 Å². The standard InChI is InChI=1S/C58H38N2O/c1-4-15-39(16-5-1)40-27-30-45(31-28-40)59(44-21-8-3-9-22-44)46-32-34-47(35-33-46)60-52-37-43(49-25-14-20-41-17-10-11-23-48(41)49)29-36-50(52)57-53(60)38-55-58(51-24-12-13-26-54(51)61-55)56(57)42-18-6-2-7-19-42/h1-38H. The number of aromatic nitrogens is 1. The Morgan fingerprint density at radius 2 is 0.918 bits per heavy atom. The van der Waals surface area contributed by atoms with E-state index in [1.807, 2.05) is 0 Å². The lowest BCUT2D eigenvalue weighted by molar-refractivity contribution is 0.669. The van der Waals surface area contributed by atoms with E-state index in [1.165, 1.54) is 49.4 Å². The Kier molecular flexibility index (Phi) is 8.17. The van der Waals surface area contributed by atoms with E-state index in [9.17, 15) is 0 Å². The van der Waals surface area contributed by atoms with Gasteiger partial charge in [0.05, 0.1) is 11.0 Å². The second-order valence-electron chi connectivity index (χ2n) is 15.7. The SMILES string of the molecule is c1ccc(-c2ccc(N(c3ccccc3)c3ccc(-n4c5cc(-c6cccc7ccccc67)ccc5c5c(-c6ccccc6)c6c(cc54)oc4ccccc46)cc3)cc2)cc1. The molecule has 0 amide bonds. The lowest BCUT2D eigenvalue weighted by atomic mass is 9.93. The summed E-state index contributed by atoms with van der Waals surface area (Å²) in [6.45, 7) is 0. The van der Waals surface area contributed by atoms with Crippen LogP contribution in [0.2, 0.25) is 0 Å². The minimum absolute atomic E-state index is 0.872. The van der Waals surface area contributed by atoms with Crippen molar-refractivity contribution in [2.75, 3.05) is 4.90 Å². The number of furan rings is 1. The van der Waals surface area contributed by atoms with Crippen LogP contribution in [0, 0.1) is 0 Å². The second kappa shape index (κ2) is 14.3. The molecule has 0 radical (unpaired) electrons. The molecule has 2 heterocycles. The molecule has 2 aromatic heterocycles. The smallest absolute Gasteiger partial charge is 0.138 e. The van der Waals surface area contributed by atoms with Gasteiger partial charge in [-0.2, -0.15) is 0 Å². The summed E-state index contributed by atoms with van der Waals surface area (Å²) in [5.41, 5.74) is 15.5. The zero-order valence-corrected chi connectivity index (χ0v) is 33.2. The lowest BCUT2D eigenvalue weighted by Crippen LogP contribution is -2.10. The normalized spacial score (nSPS) is 11.6. The third-order valence-corrected chi connectivity index (χ3v) is 12.2. The molecule has 10 aromatic carbocycles. The monoisotopic (exact) mass is 778 g/mol. The van der Waals surface area contributed by atoms with Crippen molar-refractivity contribution in [3.8, 4) is 39.1 Å². The summed E-state index contributed by atoms with van der Waals surface area (Å²) in [4.78, 5) is 2.33. The van der Waals surface area contributed by atoms with Crippen LogP contribution in [0.1, 0.15) is 0 Å². The molecule has 0 N–H and O–H groups in total. The van der Waals surface area contributed by atoms with Crippen LogP contribution in [0.15, 0.2) is 235 Å². The molecule has 0 spiro atoms. The summed E-state index contributed by atoms with van der Waals surface area (Å²) in [7, 11) is 0. The summed E-state index contributed by atoms with van der Waals surface area (Å²) in [6, 6.07) is 82.8. The maximum absolute atomic E-state index is 6.72. The van der Waals surface area contributed by atoms with E-state index in [4.69, 9.17) is 4.42 Å². The Bertz CT molecular complexity index is 3540. The lowest BCUT2D eigenvalue weighted by Gasteiger charge is -2.26. The second-order valence-corrected chi connectivity index (χ2v) is 15.7. The summed E-state index contributed by atoms with van der Waals surface area (Å²) in [5, 5.41) is 7.12. The van der Waals surface area contributed by atoms with Crippen LogP contribution in [-0.2, 0) is 0 Å². The first-order valence-electron chi connectivity index (χ1n) is 20.8. The summed E-state index contributed by atoms with van der Waals surface area (Å²) < 4.78 is 9.15. The number of hydrogen-bond acceptors (Lipinski definition) is 2. The van der Waals surface area contributed by atoms with Gasteiger partial charge in [-0.25, -0.2) is 0 Å². The Labute approximate surface area is 353 Å². The van der Waals surface area contributed by atoms with Gasteiger partial charge in [0.2, 0.25) is 0 Å². The molecule has 0 aliphatic carbocycles. The highest BCUT2D eigenvalue weighted by molar-refractivity contribution is 6.27. The predicted octanol–water partition coefficient (Wildman–Crippen LogP) is 16.3. The Hall–Kier alpha value is -8.14. The van der Waals surface area contributed by atoms with E-state index in [-0.39, 0.29) is 0 Å². The molecular formula is C58H38N2O. The molecule has 0 aliphatic heterocycles. The Morgan fingerprint density at radius 1 is 0.344 bits per heavy atom. The fraction of sp³-hybridized carbons (Fsp3) is 0. The maximum Gasteiger partial charge on any atom is 0.138 e. The first kappa shape index (κ1) is 34.9. The highest BCUT2D eigenvalue weighted by Crippen LogP contribution is 2.47. The molecule has 0 saturated carbocycles. The minimum atomic E-state index is 0.872. The number of rotatable bonds is 7. The van der Waals surface area contributed by atoms with Crippen molar-refractivity contribution in [2.24, 2.45) is 0 Å². The number of fused-ring (bicyclic) bond motifs is 7. The van der Waals surface area contributed by atoms with Crippen LogP contribution in [0.5, 0.6) is 0 Å². The number of hydrogen-bond donors (Lipinski definition) is 0. The van der Waals surface area contributed by atoms with E-state index < -0.39 is 0 Å². The zero-order chi connectivity index (χ0) is 40.3. The third-order valence-electron chi connectivity index (χ3n) is 12.2. The van der Waals surface area contributed by atoms with Gasteiger partial charge in [-0.15, -0.1) is 0 Å². The van der Waals surface area contributed by atoms with E-state index in [0.717, 1.165) is 61.3 Å². The quantitative estimate of drug-likeness (QED) is 0.161. The van der Waals surface area contributed by atoms with Gasteiger partial charge in [-0.1, -0.05) is 164 Å². The molecule has 0 aliphatic rings. The summed E-state index contributed by atoms with van der Waals surface area (Å²) in [6.07, 6.45) is 0. The molecule has 0 bridgehead atoms. The van der Waals surface area contributed by atoms with E-state index >= 15 is 0 Å². The summed E-state index contributed by atoms with van der Waals surface area (Å²) >= 11 is 0. The van der Waals surface area contributed by atoms with Crippen molar-refractivity contribution in [3.05, 3.63) is 231 Å². The molecule has 12 aromatic rings. The molecule has 12 rings (SSSR count). The topological polar surface area (TPSA) is 21.3 Å². The molecular weight excluding hydrogens is 741 g/mol. The van der Waals surface area contributed by atoms with Crippen molar-refractivity contribution in [1.82, 2.24) is 4.57 Å². The van der Waals surface area contributed by atoms with Crippen molar-refractivity contribution >= 4 is 71.6 Å². The average molecular weight is 779 g/mol. The van der Waals surface area contributed by atoms with Gasteiger partial charge < -0.3 is 13.9 Å². The highest BCUT2D eigenvalue weighted by Gasteiger charge is 2.24. The average Bonchev–Trinajstić information content (AvgIpc) is 3.87. The maximum atomic E-state index is 6.72. The minimum Gasteiger partial charge on any atom is -0.456 e. The van der Waals surface area contributed by atoms with Gasteiger partial charge in [0.1, 0.15) is 11.2 Å². The molecule has 0 fully saturated rings. The highest BCUT2D eigenvalue weighted by atomic mass is 16.3. The van der Waals surface area contributed by atoms with Gasteiger partial charge >= 0.3 is 0 Å². The molecule has 286 valence electrons. The Balaban J connectivity index is 1.10. The van der Waals surface area contributed by atoms with Gasteiger partial charge in [0.25, 0.3) is 0 Å². The third kappa shape index (κ3) is 5.82. The van der Waals surface area contributed by atoms with Crippen LogP contribution >= 0.6 is 0 Å². The number of nitrogens with zero attached hydrogens (tertiary/aromatic N) is 2. The van der Waals surface area contributed by atoms with Gasteiger partial charge in [0.15, 0.2) is 0 Å². The number of anilines is 3. The van der Waals surface area contributed by atoms with E-state index in [2.05, 4.69) is 240 Å². The van der Waals surface area contributed by atoms with E-state index in [0.29, 0.717) is 0 Å². The fourth-order valence-corrected chi connectivity index (χ4v) is 9.41. The summed E-state index contributed by atoms with van der Waals surface area (Å²) in [5.74, 6) is 0. The Morgan fingerprint density at radius 3 is 1.67 bits per heavy atom. The fourth-order valence-electron chi connectivity index (χ4n) is 9.41. The van der Waals surface area contributed by atoms with Gasteiger partial charge in [-0.05, 0) is 99.3 Å². The molecule has 3 nitrogen and oxygen atoms in total. The van der Waals surface area contributed by atoms with Crippen molar-refractivity contribution in [2.45, 2.75) is 0 Å². The molecule has 0 saturated heterocycles. The predicted molar refractivity (Wildman–Crippen MR) is 257 cm³/mol. The molecule has 3 heteroatoms. The largest absolute Gasteiger partial charge is 0.456 e. The van der Waals surface area contributed by atoms with Crippen LogP contribution in [0.4, 0.5) is 17.1 Å². The van der Waals surface area contributed by atoms with Crippen LogP contribution in [-0.4, -0.2) is 4.57 Å². The van der Waals surface area contributed by atoms with Gasteiger partial charge in [-0.3, -0.25) is 0 Å². The molecule has 0 unspecified atom stereocenters. The van der Waals surface area contributed by atoms with Crippen molar-refractivity contribution < 1.29 is 4.42 Å². The van der Waals surface area contributed by atoms with Crippen LogP contribution < -0.4 is 4.90 Å². The van der Waals surface area contributed by atoms with E-state index in [1.54, 1.807) is 0 Å². The van der Waals surface area contributed by atoms with Crippen molar-refractivity contribution in [1.29, 1.82) is 0 Å².